The average Bonchev–Trinajstić information content (AvgIpc) is 3.42. The van der Waals surface area contributed by atoms with Crippen molar-refractivity contribution in [3.63, 3.8) is 0 Å². The molecule has 1 unspecified atom stereocenters. The van der Waals surface area contributed by atoms with Crippen LogP contribution in [0.25, 0.3) is 0 Å². The van der Waals surface area contributed by atoms with Crippen LogP contribution in [-0.4, -0.2) is 59.2 Å². The summed E-state index contributed by atoms with van der Waals surface area (Å²) in [6, 6.07) is 11.7. The van der Waals surface area contributed by atoms with E-state index in [4.69, 9.17) is 21.1 Å². The van der Waals surface area contributed by atoms with E-state index in [1.165, 1.54) is 12.1 Å². The van der Waals surface area contributed by atoms with E-state index in [0.29, 0.717) is 22.7 Å². The van der Waals surface area contributed by atoms with Crippen LogP contribution in [-0.2, 0) is 29.3 Å². The molecule has 0 bridgehead atoms. The zero-order valence-electron chi connectivity index (χ0n) is 20.4. The molecule has 0 radical (unpaired) electrons. The van der Waals surface area contributed by atoms with Crippen molar-refractivity contribution in [2.75, 3.05) is 18.6 Å². The topological polar surface area (TPSA) is 96.5 Å². The molecule has 9 nitrogen and oxygen atoms in total. The molecule has 0 saturated carbocycles. The lowest BCUT2D eigenvalue weighted by molar-refractivity contribution is -0.158. The predicted molar refractivity (Wildman–Crippen MR) is 130 cm³/mol. The van der Waals surface area contributed by atoms with Crippen molar-refractivity contribution in [1.82, 2.24) is 10.0 Å². The number of esters is 1. The molecule has 0 N–H and O–H groups in total. The minimum atomic E-state index is -1.71. The number of hydrogen-bond donors (Lipinski definition) is 0. The first-order chi connectivity index (χ1) is 17.0. The first-order valence-corrected chi connectivity index (χ1v) is 12.0. The summed E-state index contributed by atoms with van der Waals surface area (Å²) in [5, 5.41) is 3.38. The Morgan fingerprint density at radius 3 is 2.42 bits per heavy atom. The minimum absolute atomic E-state index is 0.180. The second-order valence-corrected chi connectivity index (χ2v) is 10.5. The highest BCUT2D eigenvalue weighted by molar-refractivity contribution is 6.31. The minimum Gasteiger partial charge on any atom is -0.467 e. The first-order valence-electron chi connectivity index (χ1n) is 11.6. The maximum absolute atomic E-state index is 14.6. The number of hydrogen-bond acceptors (Lipinski definition) is 7. The molecule has 3 amide bonds. The molecule has 3 aliphatic heterocycles. The van der Waals surface area contributed by atoms with Gasteiger partial charge in [-0.15, -0.1) is 0 Å². The number of ether oxygens (including phenoxy) is 2. The third-order valence-corrected chi connectivity index (χ3v) is 7.05. The summed E-state index contributed by atoms with van der Waals surface area (Å²) >= 11 is 6.41. The summed E-state index contributed by atoms with van der Waals surface area (Å²) < 4.78 is 10.7. The van der Waals surface area contributed by atoms with Gasteiger partial charge >= 0.3 is 12.1 Å². The lowest BCUT2D eigenvalue weighted by atomic mass is 9.68. The monoisotopic (exact) mass is 511 g/mol. The van der Waals surface area contributed by atoms with E-state index in [0.717, 1.165) is 4.90 Å². The van der Waals surface area contributed by atoms with Crippen LogP contribution >= 0.6 is 11.6 Å². The maximum atomic E-state index is 14.6. The fourth-order valence-corrected chi connectivity index (χ4v) is 5.80. The van der Waals surface area contributed by atoms with Gasteiger partial charge in [0.1, 0.15) is 11.0 Å². The molecule has 3 aliphatic rings. The summed E-state index contributed by atoms with van der Waals surface area (Å²) in [6.45, 7) is 5.39. The van der Waals surface area contributed by atoms with Gasteiger partial charge in [0.15, 0.2) is 6.04 Å². The number of fused-ring (bicyclic) bond motifs is 3. The van der Waals surface area contributed by atoms with E-state index >= 15 is 0 Å². The van der Waals surface area contributed by atoms with Gasteiger partial charge < -0.3 is 9.47 Å². The summed E-state index contributed by atoms with van der Waals surface area (Å²) in [7, 11) is 1.21. The highest BCUT2D eigenvalue weighted by Gasteiger charge is 2.74. The number of imide groups is 1. The largest absolute Gasteiger partial charge is 0.467 e. The van der Waals surface area contributed by atoms with Gasteiger partial charge in [-0.3, -0.25) is 14.6 Å². The number of amides is 3. The Hall–Kier alpha value is -3.43. The SMILES string of the molecule is COC(=O)[C@H]1N2C(=O)CCN2[C@@H](c2ccccc2)C12C(=O)N(C(=O)OC(C)(C)C)c1ccc(Cl)cc12. The normalized spacial score (nSPS) is 25.4. The van der Waals surface area contributed by atoms with E-state index in [1.807, 2.05) is 30.3 Å². The van der Waals surface area contributed by atoms with Crippen molar-refractivity contribution in [3.8, 4) is 0 Å². The van der Waals surface area contributed by atoms with Crippen LogP contribution in [0.5, 0.6) is 0 Å². The fraction of sp³-hybridized carbons (Fsp3) is 0.385. The Bertz CT molecular complexity index is 1280. The van der Waals surface area contributed by atoms with Crippen LogP contribution in [0, 0.1) is 0 Å². The zero-order valence-corrected chi connectivity index (χ0v) is 21.1. The molecule has 5 rings (SSSR count). The molecule has 0 aromatic heterocycles. The van der Waals surface area contributed by atoms with Gasteiger partial charge in [0.25, 0.3) is 5.91 Å². The van der Waals surface area contributed by atoms with Crippen LogP contribution in [0.4, 0.5) is 10.5 Å². The number of halogens is 1. The van der Waals surface area contributed by atoms with E-state index in [2.05, 4.69) is 0 Å². The van der Waals surface area contributed by atoms with Gasteiger partial charge in [0.05, 0.1) is 18.8 Å². The molecule has 2 saturated heterocycles. The number of hydrazine groups is 1. The molecule has 1 spiro atoms. The van der Waals surface area contributed by atoms with Gasteiger partial charge in [0.2, 0.25) is 5.91 Å². The Balaban J connectivity index is 1.83. The summed E-state index contributed by atoms with van der Waals surface area (Å²) in [4.78, 5) is 55.5. The standard InChI is InChI=1S/C26H26ClN3O6/c1-25(2,3)36-24(34)29-18-11-10-16(27)14-17(18)26(23(29)33)20(15-8-6-5-7-9-15)28-13-12-19(31)30(28)21(26)22(32)35-4/h5-11,14,20-21H,12-13H2,1-4H3/t20-,21+,26?/m0/s1. The Labute approximate surface area is 213 Å². The van der Waals surface area contributed by atoms with Crippen LogP contribution < -0.4 is 4.90 Å². The fourth-order valence-electron chi connectivity index (χ4n) is 5.63. The van der Waals surface area contributed by atoms with Crippen LogP contribution in [0.2, 0.25) is 5.02 Å². The summed E-state index contributed by atoms with van der Waals surface area (Å²) in [5.74, 6) is -1.75. The first kappa shape index (κ1) is 24.3. The lowest BCUT2D eigenvalue weighted by Gasteiger charge is -2.34. The highest BCUT2D eigenvalue weighted by atomic mass is 35.5. The average molecular weight is 512 g/mol. The molecular formula is C26H26ClN3O6. The third-order valence-electron chi connectivity index (χ3n) is 6.81. The zero-order chi connectivity index (χ0) is 26.0. The van der Waals surface area contributed by atoms with E-state index < -0.39 is 41.1 Å². The Kier molecular flexibility index (Phi) is 5.61. The van der Waals surface area contributed by atoms with Crippen LogP contribution in [0.15, 0.2) is 48.5 Å². The number of carbonyl (C=O) groups excluding carboxylic acids is 4. The number of benzene rings is 2. The molecule has 2 fully saturated rings. The van der Waals surface area contributed by atoms with Crippen LogP contribution in [0.3, 0.4) is 0 Å². The predicted octanol–water partition coefficient (Wildman–Crippen LogP) is 3.61. The smallest absolute Gasteiger partial charge is 0.421 e. The molecule has 3 heterocycles. The third kappa shape index (κ3) is 3.33. The van der Waals surface area contributed by atoms with E-state index in [1.54, 1.807) is 44.0 Å². The summed E-state index contributed by atoms with van der Waals surface area (Å²) in [6.07, 6.45) is -0.698. The number of anilines is 1. The molecule has 0 aliphatic carbocycles. The van der Waals surface area contributed by atoms with Crippen molar-refractivity contribution in [2.24, 2.45) is 0 Å². The highest BCUT2D eigenvalue weighted by Crippen LogP contribution is 2.60. The number of rotatable bonds is 2. The molecule has 36 heavy (non-hydrogen) atoms. The van der Waals surface area contributed by atoms with Gasteiger partial charge in [-0.2, -0.15) is 0 Å². The van der Waals surface area contributed by atoms with Crippen molar-refractivity contribution in [1.29, 1.82) is 0 Å². The maximum Gasteiger partial charge on any atom is 0.421 e. The molecule has 188 valence electrons. The quantitative estimate of drug-likeness (QED) is 0.568. The van der Waals surface area contributed by atoms with E-state index in [9.17, 15) is 19.2 Å². The number of methoxy groups -OCH3 is 1. The van der Waals surface area contributed by atoms with Gasteiger partial charge in [-0.05, 0) is 50.1 Å². The Morgan fingerprint density at radius 2 is 1.78 bits per heavy atom. The van der Waals surface area contributed by atoms with Gasteiger partial charge in [-0.1, -0.05) is 41.9 Å². The number of nitrogens with zero attached hydrogens (tertiary/aromatic N) is 3. The molecule has 10 heteroatoms. The van der Waals surface area contributed by atoms with Gasteiger partial charge in [0, 0.05) is 18.0 Å². The van der Waals surface area contributed by atoms with E-state index in [-0.39, 0.29) is 18.0 Å². The van der Waals surface area contributed by atoms with Crippen molar-refractivity contribution in [2.45, 2.75) is 50.3 Å². The van der Waals surface area contributed by atoms with Crippen molar-refractivity contribution < 1.29 is 28.7 Å². The second-order valence-electron chi connectivity index (χ2n) is 10.0. The molecule has 2 aromatic carbocycles. The van der Waals surface area contributed by atoms with Crippen LogP contribution in [0.1, 0.15) is 44.4 Å². The van der Waals surface area contributed by atoms with Gasteiger partial charge in [-0.25, -0.2) is 19.5 Å². The lowest BCUT2D eigenvalue weighted by Crippen LogP contribution is -2.57. The molecular weight excluding hydrogens is 486 g/mol. The Morgan fingerprint density at radius 1 is 1.08 bits per heavy atom. The van der Waals surface area contributed by atoms with Crippen molar-refractivity contribution >= 4 is 41.2 Å². The van der Waals surface area contributed by atoms with Crippen molar-refractivity contribution in [3.05, 3.63) is 64.7 Å². The molecule has 3 atom stereocenters. The molecule has 2 aromatic rings. The summed E-state index contributed by atoms with van der Waals surface area (Å²) in [5.41, 5.74) is -1.27. The number of carbonyl (C=O) groups is 4. The second kappa shape index (κ2) is 8.31.